The lowest BCUT2D eigenvalue weighted by Crippen LogP contribution is -2.11. The van der Waals surface area contributed by atoms with Crippen LogP contribution in [0, 0.1) is 12.7 Å². The number of pyridine rings is 1. The first-order valence-corrected chi connectivity index (χ1v) is 9.08. The van der Waals surface area contributed by atoms with E-state index in [0.717, 1.165) is 16.8 Å². The summed E-state index contributed by atoms with van der Waals surface area (Å²) in [7, 11) is 0. The first-order chi connectivity index (χ1) is 13.3. The van der Waals surface area contributed by atoms with Gasteiger partial charge in [-0.1, -0.05) is 17.7 Å². The van der Waals surface area contributed by atoms with Crippen LogP contribution in [0.25, 0.3) is 0 Å². The van der Waals surface area contributed by atoms with E-state index < -0.39 is 11.7 Å². The van der Waals surface area contributed by atoms with Gasteiger partial charge in [0.25, 0.3) is 0 Å². The standard InChI is InChI=1S/C22H18ClFN2O2/c1-13-2-3-16(22(25)28)12-15(13)6-9-18-10-11-19(21(23)26-18)20(27)14-4-7-17(24)8-5-14/h2-5,7-8,10-12H,6,9H2,1H3,(H2,25,28). The van der Waals surface area contributed by atoms with Crippen LogP contribution in [-0.2, 0) is 12.8 Å². The molecule has 2 N–H and O–H groups in total. The van der Waals surface area contributed by atoms with E-state index in [1.165, 1.54) is 24.3 Å². The summed E-state index contributed by atoms with van der Waals surface area (Å²) in [5.74, 6) is -1.19. The highest BCUT2D eigenvalue weighted by Gasteiger charge is 2.15. The molecule has 0 aliphatic heterocycles. The van der Waals surface area contributed by atoms with Crippen molar-refractivity contribution in [3.63, 3.8) is 0 Å². The van der Waals surface area contributed by atoms with Crippen molar-refractivity contribution in [2.45, 2.75) is 19.8 Å². The van der Waals surface area contributed by atoms with Gasteiger partial charge in [0.15, 0.2) is 5.78 Å². The topological polar surface area (TPSA) is 73.1 Å². The Bertz CT molecular complexity index is 1050. The van der Waals surface area contributed by atoms with Crippen LogP contribution in [0.15, 0.2) is 54.6 Å². The molecule has 3 rings (SSSR count). The lowest BCUT2D eigenvalue weighted by Gasteiger charge is -2.09. The molecule has 0 atom stereocenters. The van der Waals surface area contributed by atoms with E-state index in [2.05, 4.69) is 4.98 Å². The van der Waals surface area contributed by atoms with Gasteiger partial charge in [0.05, 0.1) is 5.56 Å². The molecule has 0 unspecified atom stereocenters. The number of aromatic nitrogens is 1. The summed E-state index contributed by atoms with van der Waals surface area (Å²) in [6.07, 6.45) is 1.25. The Hall–Kier alpha value is -3.05. The molecule has 4 nitrogen and oxygen atoms in total. The number of carbonyl (C=O) groups is 2. The number of nitrogens with zero attached hydrogens (tertiary/aromatic N) is 1. The minimum Gasteiger partial charge on any atom is -0.366 e. The van der Waals surface area contributed by atoms with E-state index in [9.17, 15) is 14.0 Å². The molecule has 6 heteroatoms. The molecule has 0 saturated carbocycles. The molecule has 1 amide bonds. The first-order valence-electron chi connectivity index (χ1n) is 8.70. The van der Waals surface area contributed by atoms with Crippen LogP contribution >= 0.6 is 11.6 Å². The maximum atomic E-state index is 13.0. The van der Waals surface area contributed by atoms with Gasteiger partial charge < -0.3 is 5.73 Å². The van der Waals surface area contributed by atoms with E-state index in [0.29, 0.717) is 24.0 Å². The Morgan fingerprint density at radius 2 is 1.68 bits per heavy atom. The Labute approximate surface area is 167 Å². The fraction of sp³-hybridized carbons (Fsp3) is 0.136. The van der Waals surface area contributed by atoms with E-state index in [1.807, 2.05) is 13.0 Å². The second kappa shape index (κ2) is 8.31. The average molecular weight is 397 g/mol. The SMILES string of the molecule is Cc1ccc(C(N)=O)cc1CCc1ccc(C(=O)c2ccc(F)cc2)c(Cl)n1. The molecule has 0 aliphatic rings. The van der Waals surface area contributed by atoms with Gasteiger partial charge >= 0.3 is 0 Å². The number of rotatable bonds is 6. The third-order valence-electron chi connectivity index (χ3n) is 4.54. The third kappa shape index (κ3) is 4.43. The molecular formula is C22H18ClFN2O2. The number of amides is 1. The molecule has 2 aromatic carbocycles. The summed E-state index contributed by atoms with van der Waals surface area (Å²) in [4.78, 5) is 28.2. The molecule has 28 heavy (non-hydrogen) atoms. The number of primary amides is 1. The van der Waals surface area contributed by atoms with Crippen LogP contribution in [0.1, 0.15) is 43.1 Å². The van der Waals surface area contributed by atoms with Crippen molar-refractivity contribution in [1.82, 2.24) is 4.98 Å². The van der Waals surface area contributed by atoms with Gasteiger partial charge in [-0.3, -0.25) is 9.59 Å². The smallest absolute Gasteiger partial charge is 0.248 e. The van der Waals surface area contributed by atoms with Crippen LogP contribution in [0.4, 0.5) is 4.39 Å². The number of ketones is 1. The van der Waals surface area contributed by atoms with Crippen molar-refractivity contribution >= 4 is 23.3 Å². The second-order valence-corrected chi connectivity index (χ2v) is 6.84. The highest BCUT2D eigenvalue weighted by Crippen LogP contribution is 2.20. The Balaban J connectivity index is 1.76. The maximum Gasteiger partial charge on any atom is 0.248 e. The summed E-state index contributed by atoms with van der Waals surface area (Å²) in [5, 5.41) is 0.106. The van der Waals surface area contributed by atoms with Gasteiger partial charge in [0, 0.05) is 16.8 Å². The van der Waals surface area contributed by atoms with Gasteiger partial charge in [0.1, 0.15) is 11.0 Å². The molecule has 1 heterocycles. The zero-order valence-electron chi connectivity index (χ0n) is 15.2. The van der Waals surface area contributed by atoms with E-state index in [1.54, 1.807) is 24.3 Å². The molecule has 0 aliphatic carbocycles. The molecule has 1 aromatic heterocycles. The number of halogens is 2. The zero-order valence-corrected chi connectivity index (χ0v) is 16.0. The molecular weight excluding hydrogens is 379 g/mol. The minimum absolute atomic E-state index is 0.106. The van der Waals surface area contributed by atoms with Crippen molar-refractivity contribution in [2.24, 2.45) is 5.73 Å². The molecule has 0 spiro atoms. The predicted molar refractivity (Wildman–Crippen MR) is 106 cm³/mol. The number of hydrogen-bond acceptors (Lipinski definition) is 3. The summed E-state index contributed by atoms with van der Waals surface area (Å²) in [6.45, 7) is 1.96. The van der Waals surface area contributed by atoms with Crippen molar-refractivity contribution in [3.05, 3.63) is 99.1 Å². The summed E-state index contributed by atoms with van der Waals surface area (Å²) >= 11 is 6.22. The lowest BCUT2D eigenvalue weighted by atomic mass is 9.99. The monoisotopic (exact) mass is 396 g/mol. The minimum atomic E-state index is -0.467. The Morgan fingerprint density at radius 3 is 2.32 bits per heavy atom. The van der Waals surface area contributed by atoms with E-state index >= 15 is 0 Å². The van der Waals surface area contributed by atoms with Crippen LogP contribution in [0.5, 0.6) is 0 Å². The number of nitrogens with two attached hydrogens (primary N) is 1. The molecule has 0 bridgehead atoms. The first kappa shape index (κ1) is 19.7. The van der Waals surface area contributed by atoms with Crippen LogP contribution in [0.3, 0.4) is 0 Å². The normalized spacial score (nSPS) is 10.7. The van der Waals surface area contributed by atoms with Crippen molar-refractivity contribution in [3.8, 4) is 0 Å². The number of carbonyl (C=O) groups excluding carboxylic acids is 2. The average Bonchev–Trinajstić information content (AvgIpc) is 2.67. The molecule has 0 fully saturated rings. The zero-order chi connectivity index (χ0) is 20.3. The predicted octanol–water partition coefficient (Wildman–Crippen LogP) is 4.30. The highest BCUT2D eigenvalue weighted by atomic mass is 35.5. The van der Waals surface area contributed by atoms with Crippen molar-refractivity contribution in [1.29, 1.82) is 0 Å². The summed E-state index contributed by atoms with van der Waals surface area (Å²) < 4.78 is 13.0. The number of benzene rings is 2. The quantitative estimate of drug-likeness (QED) is 0.498. The van der Waals surface area contributed by atoms with Gasteiger partial charge in [-0.25, -0.2) is 9.37 Å². The van der Waals surface area contributed by atoms with Crippen LogP contribution in [-0.4, -0.2) is 16.7 Å². The van der Waals surface area contributed by atoms with Crippen LogP contribution < -0.4 is 5.73 Å². The molecule has 0 saturated heterocycles. The Morgan fingerprint density at radius 1 is 1.00 bits per heavy atom. The number of aryl methyl sites for hydroxylation is 3. The maximum absolute atomic E-state index is 13.0. The van der Waals surface area contributed by atoms with Gasteiger partial charge in [-0.15, -0.1) is 0 Å². The van der Waals surface area contributed by atoms with Gasteiger partial charge in [-0.05, 0) is 79.4 Å². The lowest BCUT2D eigenvalue weighted by molar-refractivity contribution is 0.0998. The van der Waals surface area contributed by atoms with Crippen LogP contribution in [0.2, 0.25) is 5.15 Å². The fourth-order valence-electron chi connectivity index (χ4n) is 2.89. The van der Waals surface area contributed by atoms with E-state index in [-0.39, 0.29) is 16.5 Å². The van der Waals surface area contributed by atoms with Crippen molar-refractivity contribution < 1.29 is 14.0 Å². The Kier molecular flexibility index (Phi) is 5.85. The molecule has 0 radical (unpaired) electrons. The summed E-state index contributed by atoms with van der Waals surface area (Å²) in [6, 6.07) is 14.0. The van der Waals surface area contributed by atoms with Crippen molar-refractivity contribution in [2.75, 3.05) is 0 Å². The second-order valence-electron chi connectivity index (χ2n) is 6.48. The largest absolute Gasteiger partial charge is 0.366 e. The highest BCUT2D eigenvalue weighted by molar-refractivity contribution is 6.33. The molecule has 3 aromatic rings. The fourth-order valence-corrected chi connectivity index (χ4v) is 3.15. The number of hydrogen-bond donors (Lipinski definition) is 1. The molecule has 142 valence electrons. The van der Waals surface area contributed by atoms with Gasteiger partial charge in [-0.2, -0.15) is 0 Å². The van der Waals surface area contributed by atoms with E-state index in [4.69, 9.17) is 17.3 Å². The van der Waals surface area contributed by atoms with Gasteiger partial charge in [0.2, 0.25) is 5.91 Å². The third-order valence-corrected chi connectivity index (χ3v) is 4.83. The summed E-state index contributed by atoms with van der Waals surface area (Å²) in [5.41, 5.74) is 9.20.